The molecule has 0 radical (unpaired) electrons. The second kappa shape index (κ2) is 8.00. The average Bonchev–Trinajstić information content (AvgIpc) is 2.99. The summed E-state index contributed by atoms with van der Waals surface area (Å²) in [6, 6.07) is 7.96. The molecule has 0 bridgehead atoms. The number of ether oxygens (including phenoxy) is 2. The van der Waals surface area contributed by atoms with Gasteiger partial charge in [-0.25, -0.2) is 4.79 Å². The number of rotatable bonds is 3. The molecule has 0 spiro atoms. The van der Waals surface area contributed by atoms with Crippen LogP contribution in [0.15, 0.2) is 24.3 Å². The molecule has 2 aliphatic rings. The van der Waals surface area contributed by atoms with Gasteiger partial charge in [0.15, 0.2) is 0 Å². The predicted molar refractivity (Wildman–Crippen MR) is 87.5 cm³/mol. The topological polar surface area (TPSA) is 68.0 Å². The molecule has 3 rings (SSSR count). The lowest BCUT2D eigenvalue weighted by Crippen LogP contribution is -2.36. The van der Waals surface area contributed by atoms with Crippen molar-refractivity contribution < 1.29 is 14.3 Å². The fraction of sp³-hybridized carbons (Fsp3) is 0.562. The van der Waals surface area contributed by atoms with Crippen molar-refractivity contribution in [2.24, 2.45) is 5.73 Å². The molecule has 6 heteroatoms. The third kappa shape index (κ3) is 3.69. The number of nitrogens with zero attached hydrogens (tertiary/aromatic N) is 2. The van der Waals surface area contributed by atoms with Crippen molar-refractivity contribution in [2.75, 3.05) is 49.2 Å². The Morgan fingerprint density at radius 3 is 2.27 bits per heavy atom. The first-order valence-corrected chi connectivity index (χ1v) is 7.89. The Bertz CT molecular complexity index is 472. The van der Waals surface area contributed by atoms with E-state index in [4.69, 9.17) is 15.2 Å². The molecule has 1 aromatic rings. The molecular weight excluding hydrogens is 282 g/mol. The highest BCUT2D eigenvalue weighted by molar-refractivity contribution is 5.90. The Hall–Kier alpha value is -1.79. The molecule has 0 saturated carbocycles. The van der Waals surface area contributed by atoms with Crippen molar-refractivity contribution in [1.29, 1.82) is 0 Å². The van der Waals surface area contributed by atoms with E-state index in [-0.39, 0.29) is 12.2 Å². The van der Waals surface area contributed by atoms with Crippen LogP contribution in [0.25, 0.3) is 0 Å². The van der Waals surface area contributed by atoms with Crippen LogP contribution in [0, 0.1) is 0 Å². The first-order chi connectivity index (χ1) is 10.8. The number of carbonyl (C=O) groups is 1. The van der Waals surface area contributed by atoms with Crippen molar-refractivity contribution in [3.05, 3.63) is 24.3 Å². The van der Waals surface area contributed by atoms with Crippen LogP contribution in [-0.4, -0.2) is 51.6 Å². The zero-order chi connectivity index (χ0) is 15.9. The van der Waals surface area contributed by atoms with Crippen LogP contribution < -0.4 is 15.5 Å². The van der Waals surface area contributed by atoms with E-state index in [1.54, 1.807) is 4.90 Å². The average molecular weight is 307 g/mol. The van der Waals surface area contributed by atoms with Gasteiger partial charge in [0.2, 0.25) is 0 Å². The summed E-state index contributed by atoms with van der Waals surface area (Å²) >= 11 is 0. The Kier molecular flexibility index (Phi) is 6.03. The lowest BCUT2D eigenvalue weighted by atomic mass is 10.2. The minimum atomic E-state index is -0.320. The van der Waals surface area contributed by atoms with Gasteiger partial charge >= 0.3 is 6.09 Å². The summed E-state index contributed by atoms with van der Waals surface area (Å²) in [5.74, 6) is 0. The molecule has 2 aliphatic heterocycles. The largest absolute Gasteiger partial charge is 0.443 e. The van der Waals surface area contributed by atoms with Gasteiger partial charge in [0.1, 0.15) is 6.10 Å². The fourth-order valence-electron chi connectivity index (χ4n) is 2.52. The van der Waals surface area contributed by atoms with Crippen LogP contribution in [0.3, 0.4) is 0 Å². The maximum Gasteiger partial charge on any atom is 0.414 e. The Balaban J connectivity index is 0.000000847. The Labute approximate surface area is 131 Å². The van der Waals surface area contributed by atoms with Crippen molar-refractivity contribution in [1.82, 2.24) is 0 Å². The molecule has 2 heterocycles. The van der Waals surface area contributed by atoms with E-state index < -0.39 is 0 Å². The Morgan fingerprint density at radius 1 is 1.14 bits per heavy atom. The predicted octanol–water partition coefficient (Wildman–Crippen LogP) is 1.83. The number of anilines is 2. The van der Waals surface area contributed by atoms with Crippen molar-refractivity contribution in [3.63, 3.8) is 0 Å². The van der Waals surface area contributed by atoms with Crippen LogP contribution in [0.1, 0.15) is 13.8 Å². The number of benzene rings is 1. The minimum absolute atomic E-state index is 0.207. The quantitative estimate of drug-likeness (QED) is 0.923. The van der Waals surface area contributed by atoms with Crippen LogP contribution in [0.5, 0.6) is 0 Å². The third-order valence-corrected chi connectivity index (χ3v) is 3.67. The highest BCUT2D eigenvalue weighted by atomic mass is 16.6. The summed E-state index contributed by atoms with van der Waals surface area (Å²) in [5.41, 5.74) is 7.54. The molecule has 122 valence electrons. The summed E-state index contributed by atoms with van der Waals surface area (Å²) in [6.45, 7) is 8.21. The van der Waals surface area contributed by atoms with Crippen molar-refractivity contribution in [2.45, 2.75) is 20.0 Å². The van der Waals surface area contributed by atoms with Gasteiger partial charge in [-0.05, 0) is 24.3 Å². The zero-order valence-electron chi connectivity index (χ0n) is 13.3. The molecule has 1 atom stereocenters. The number of nitrogens with two attached hydrogens (primary N) is 1. The number of hydrogen-bond donors (Lipinski definition) is 1. The molecular formula is C16H25N3O3. The third-order valence-electron chi connectivity index (χ3n) is 3.67. The number of hydrogen-bond acceptors (Lipinski definition) is 5. The molecule has 1 amide bonds. The lowest BCUT2D eigenvalue weighted by Gasteiger charge is -2.29. The van der Waals surface area contributed by atoms with E-state index in [1.807, 2.05) is 38.1 Å². The summed E-state index contributed by atoms with van der Waals surface area (Å²) in [4.78, 5) is 15.7. The van der Waals surface area contributed by atoms with E-state index in [0.29, 0.717) is 13.1 Å². The molecule has 2 N–H and O–H groups in total. The van der Waals surface area contributed by atoms with Crippen molar-refractivity contribution in [3.8, 4) is 0 Å². The first-order valence-electron chi connectivity index (χ1n) is 7.89. The van der Waals surface area contributed by atoms with E-state index in [9.17, 15) is 4.79 Å². The van der Waals surface area contributed by atoms with Gasteiger partial charge in [0.05, 0.1) is 19.8 Å². The molecule has 0 aromatic heterocycles. The number of cyclic esters (lactones) is 1. The second-order valence-corrected chi connectivity index (χ2v) is 4.97. The maximum atomic E-state index is 11.8. The first kappa shape index (κ1) is 16.6. The molecule has 22 heavy (non-hydrogen) atoms. The minimum Gasteiger partial charge on any atom is -0.443 e. The monoisotopic (exact) mass is 307 g/mol. The van der Waals surface area contributed by atoms with Gasteiger partial charge in [-0.15, -0.1) is 0 Å². The molecule has 6 nitrogen and oxygen atoms in total. The van der Waals surface area contributed by atoms with Gasteiger partial charge in [-0.2, -0.15) is 0 Å². The zero-order valence-corrected chi connectivity index (χ0v) is 13.3. The van der Waals surface area contributed by atoms with Crippen LogP contribution in [0.4, 0.5) is 16.2 Å². The second-order valence-electron chi connectivity index (χ2n) is 4.97. The highest BCUT2D eigenvalue weighted by Gasteiger charge is 2.31. The summed E-state index contributed by atoms with van der Waals surface area (Å²) < 4.78 is 10.5. The number of carbonyl (C=O) groups excluding carboxylic acids is 1. The standard InChI is InChI=1S/C14H19N3O3.C2H6/c15-9-13-10-17(14(18)20-13)12-3-1-11(2-4-12)16-5-7-19-8-6-16;1-2/h1-4,13H,5-10,15H2;1-2H3/t13-;/m0./s1. The van der Waals surface area contributed by atoms with E-state index >= 15 is 0 Å². The van der Waals surface area contributed by atoms with Gasteiger partial charge < -0.3 is 20.1 Å². The van der Waals surface area contributed by atoms with Gasteiger partial charge in [0, 0.05) is 31.0 Å². The van der Waals surface area contributed by atoms with Gasteiger partial charge in [0.25, 0.3) is 0 Å². The van der Waals surface area contributed by atoms with E-state index in [2.05, 4.69) is 4.90 Å². The maximum absolute atomic E-state index is 11.8. The summed E-state index contributed by atoms with van der Waals surface area (Å²) in [5, 5.41) is 0. The molecule has 2 fully saturated rings. The number of morpholine rings is 1. The Morgan fingerprint density at radius 2 is 1.73 bits per heavy atom. The van der Waals surface area contributed by atoms with Gasteiger partial charge in [-0.3, -0.25) is 4.90 Å². The smallest absolute Gasteiger partial charge is 0.414 e. The highest BCUT2D eigenvalue weighted by Crippen LogP contribution is 2.25. The summed E-state index contributed by atoms with van der Waals surface area (Å²) in [7, 11) is 0. The normalized spacial score (nSPS) is 21.2. The fourth-order valence-corrected chi connectivity index (χ4v) is 2.52. The van der Waals surface area contributed by atoms with E-state index in [1.165, 1.54) is 0 Å². The molecule has 1 aromatic carbocycles. The molecule has 0 aliphatic carbocycles. The van der Waals surface area contributed by atoms with E-state index in [0.717, 1.165) is 37.7 Å². The van der Waals surface area contributed by atoms with Crippen LogP contribution in [-0.2, 0) is 9.47 Å². The van der Waals surface area contributed by atoms with Crippen molar-refractivity contribution >= 4 is 17.5 Å². The van der Waals surface area contributed by atoms with Crippen LogP contribution in [0.2, 0.25) is 0 Å². The summed E-state index contributed by atoms with van der Waals surface area (Å²) in [6.07, 6.45) is -0.527. The SMILES string of the molecule is CC.NC[C@H]1CN(c2ccc(N3CCOCC3)cc2)C(=O)O1. The van der Waals surface area contributed by atoms with Crippen LogP contribution >= 0.6 is 0 Å². The lowest BCUT2D eigenvalue weighted by molar-refractivity contribution is 0.122. The number of amides is 1. The van der Waals surface area contributed by atoms with Gasteiger partial charge in [-0.1, -0.05) is 13.8 Å². The molecule has 0 unspecified atom stereocenters. The molecule has 2 saturated heterocycles.